The number of nitrogens with one attached hydrogen (secondary N) is 1. The average molecular weight is 340 g/mol. The van der Waals surface area contributed by atoms with E-state index in [2.05, 4.69) is 49.6 Å². The zero-order valence-corrected chi connectivity index (χ0v) is 13.6. The van der Waals surface area contributed by atoms with Gasteiger partial charge in [0.1, 0.15) is 0 Å². The third-order valence-electron chi connectivity index (χ3n) is 2.84. The number of halogens is 1. The highest BCUT2D eigenvalue weighted by atomic mass is 79.9. The first-order valence-corrected chi connectivity index (χ1v) is 8.12. The number of aromatic nitrogens is 2. The fraction of sp³-hybridized carbons (Fsp3) is 0.429. The first-order valence-electron chi connectivity index (χ1n) is 6.45. The standard InChI is InChI=1S/C14H18BrN3S/c1-3-6-16-13(14-9-19-10(2)18-14)7-12-5-4-11(15)8-17-12/h4-5,8-9,13,16H,3,6-7H2,1-2H3. The molecule has 0 radical (unpaired) electrons. The molecule has 2 aromatic rings. The van der Waals surface area contributed by atoms with Crippen molar-refractivity contribution >= 4 is 27.3 Å². The lowest BCUT2D eigenvalue weighted by Crippen LogP contribution is -2.24. The molecule has 19 heavy (non-hydrogen) atoms. The molecule has 1 N–H and O–H groups in total. The summed E-state index contributed by atoms with van der Waals surface area (Å²) in [7, 11) is 0. The van der Waals surface area contributed by atoms with Crippen LogP contribution in [-0.2, 0) is 6.42 Å². The molecular formula is C14H18BrN3S. The molecule has 102 valence electrons. The minimum absolute atomic E-state index is 0.249. The molecule has 2 rings (SSSR count). The van der Waals surface area contributed by atoms with Crippen molar-refractivity contribution in [3.8, 4) is 0 Å². The number of hydrogen-bond donors (Lipinski definition) is 1. The maximum Gasteiger partial charge on any atom is 0.0898 e. The Morgan fingerprint density at radius 1 is 1.42 bits per heavy atom. The van der Waals surface area contributed by atoms with Gasteiger partial charge in [-0.2, -0.15) is 0 Å². The fourth-order valence-corrected chi connectivity index (χ4v) is 2.78. The molecule has 0 saturated carbocycles. The second-order valence-electron chi connectivity index (χ2n) is 4.47. The predicted molar refractivity (Wildman–Crippen MR) is 83.5 cm³/mol. The summed E-state index contributed by atoms with van der Waals surface area (Å²) in [4.78, 5) is 9.04. The molecule has 0 bridgehead atoms. The van der Waals surface area contributed by atoms with Crippen molar-refractivity contribution in [1.82, 2.24) is 15.3 Å². The molecule has 0 aliphatic carbocycles. The van der Waals surface area contributed by atoms with Crippen LogP contribution >= 0.6 is 27.3 Å². The maximum atomic E-state index is 4.60. The topological polar surface area (TPSA) is 37.8 Å². The van der Waals surface area contributed by atoms with Gasteiger partial charge in [0.2, 0.25) is 0 Å². The van der Waals surface area contributed by atoms with Crippen LogP contribution in [0.2, 0.25) is 0 Å². The van der Waals surface area contributed by atoms with Crippen molar-refractivity contribution in [1.29, 1.82) is 0 Å². The van der Waals surface area contributed by atoms with E-state index >= 15 is 0 Å². The largest absolute Gasteiger partial charge is 0.308 e. The molecule has 0 aliphatic heterocycles. The smallest absolute Gasteiger partial charge is 0.0898 e. The molecule has 2 heterocycles. The predicted octanol–water partition coefficient (Wildman–Crippen LogP) is 3.89. The van der Waals surface area contributed by atoms with E-state index in [1.54, 1.807) is 11.3 Å². The van der Waals surface area contributed by atoms with Gasteiger partial charge in [0.05, 0.1) is 16.7 Å². The summed E-state index contributed by atoms with van der Waals surface area (Å²) in [5.41, 5.74) is 2.21. The molecule has 1 atom stereocenters. The Morgan fingerprint density at radius 2 is 2.26 bits per heavy atom. The third-order valence-corrected chi connectivity index (χ3v) is 4.10. The molecular weight excluding hydrogens is 322 g/mol. The van der Waals surface area contributed by atoms with E-state index in [-0.39, 0.29) is 6.04 Å². The number of pyridine rings is 1. The fourth-order valence-electron chi connectivity index (χ4n) is 1.88. The summed E-state index contributed by atoms with van der Waals surface area (Å²) < 4.78 is 1.01. The number of hydrogen-bond acceptors (Lipinski definition) is 4. The van der Waals surface area contributed by atoms with Crippen LogP contribution in [0.4, 0.5) is 0 Å². The lowest BCUT2D eigenvalue weighted by molar-refractivity contribution is 0.515. The zero-order valence-electron chi connectivity index (χ0n) is 11.2. The maximum absolute atomic E-state index is 4.60. The number of thiazole rings is 1. The van der Waals surface area contributed by atoms with Crippen LogP contribution in [-0.4, -0.2) is 16.5 Å². The van der Waals surface area contributed by atoms with Crippen LogP contribution in [0.1, 0.15) is 35.8 Å². The highest BCUT2D eigenvalue weighted by Gasteiger charge is 2.15. The summed E-state index contributed by atoms with van der Waals surface area (Å²) >= 11 is 5.11. The molecule has 0 aromatic carbocycles. The summed E-state index contributed by atoms with van der Waals surface area (Å²) in [6, 6.07) is 4.34. The highest BCUT2D eigenvalue weighted by molar-refractivity contribution is 9.10. The molecule has 5 heteroatoms. The van der Waals surface area contributed by atoms with Gasteiger partial charge in [-0.25, -0.2) is 4.98 Å². The number of rotatable bonds is 6. The Labute approximate surface area is 126 Å². The van der Waals surface area contributed by atoms with Crippen molar-refractivity contribution in [2.45, 2.75) is 32.7 Å². The Bertz CT molecular complexity index is 510. The lowest BCUT2D eigenvalue weighted by Gasteiger charge is -2.16. The van der Waals surface area contributed by atoms with E-state index in [1.165, 1.54) is 0 Å². The summed E-state index contributed by atoms with van der Waals surface area (Å²) in [6.07, 6.45) is 3.84. The SMILES string of the molecule is CCCNC(Cc1ccc(Br)cn1)c1csc(C)n1. The van der Waals surface area contributed by atoms with Gasteiger partial charge in [0.25, 0.3) is 0 Å². The Hall–Kier alpha value is -0.780. The molecule has 0 spiro atoms. The van der Waals surface area contributed by atoms with Crippen LogP contribution in [0.15, 0.2) is 28.2 Å². The van der Waals surface area contributed by atoms with E-state index in [0.29, 0.717) is 0 Å². The van der Waals surface area contributed by atoms with E-state index < -0.39 is 0 Å². The summed E-state index contributed by atoms with van der Waals surface area (Å²) in [5, 5.41) is 6.81. The highest BCUT2D eigenvalue weighted by Crippen LogP contribution is 2.20. The first-order chi connectivity index (χ1) is 9.19. The van der Waals surface area contributed by atoms with Crippen LogP contribution in [0.3, 0.4) is 0 Å². The molecule has 0 amide bonds. The quantitative estimate of drug-likeness (QED) is 0.867. The minimum atomic E-state index is 0.249. The van der Waals surface area contributed by atoms with Crippen molar-refractivity contribution in [3.05, 3.63) is 44.6 Å². The Kier molecular flexibility index (Phi) is 5.48. The molecule has 1 unspecified atom stereocenters. The zero-order chi connectivity index (χ0) is 13.7. The van der Waals surface area contributed by atoms with Gasteiger partial charge in [0.15, 0.2) is 0 Å². The van der Waals surface area contributed by atoms with Gasteiger partial charge in [-0.1, -0.05) is 6.92 Å². The van der Waals surface area contributed by atoms with Gasteiger partial charge in [-0.3, -0.25) is 4.98 Å². The average Bonchev–Trinajstić information content (AvgIpc) is 2.83. The number of nitrogens with zero attached hydrogens (tertiary/aromatic N) is 2. The van der Waals surface area contributed by atoms with E-state index in [4.69, 9.17) is 0 Å². The Morgan fingerprint density at radius 3 is 2.84 bits per heavy atom. The first kappa shape index (κ1) is 14.6. The van der Waals surface area contributed by atoms with Crippen molar-refractivity contribution in [2.75, 3.05) is 6.54 Å². The van der Waals surface area contributed by atoms with Gasteiger partial charge in [0, 0.05) is 28.2 Å². The van der Waals surface area contributed by atoms with Crippen molar-refractivity contribution in [2.24, 2.45) is 0 Å². The second-order valence-corrected chi connectivity index (χ2v) is 6.45. The van der Waals surface area contributed by atoms with Gasteiger partial charge < -0.3 is 5.32 Å². The van der Waals surface area contributed by atoms with E-state index in [0.717, 1.165) is 40.3 Å². The molecule has 2 aromatic heterocycles. The number of aryl methyl sites for hydroxylation is 1. The van der Waals surface area contributed by atoms with Crippen molar-refractivity contribution in [3.63, 3.8) is 0 Å². The van der Waals surface area contributed by atoms with E-state index in [1.807, 2.05) is 19.2 Å². The normalized spacial score (nSPS) is 12.6. The third kappa shape index (κ3) is 4.37. The van der Waals surface area contributed by atoms with Crippen LogP contribution < -0.4 is 5.32 Å². The van der Waals surface area contributed by atoms with Gasteiger partial charge in [-0.05, 0) is 48.0 Å². The minimum Gasteiger partial charge on any atom is -0.308 e. The van der Waals surface area contributed by atoms with Crippen LogP contribution in [0.25, 0.3) is 0 Å². The van der Waals surface area contributed by atoms with Crippen molar-refractivity contribution < 1.29 is 0 Å². The van der Waals surface area contributed by atoms with Gasteiger partial charge >= 0.3 is 0 Å². The van der Waals surface area contributed by atoms with Crippen LogP contribution in [0.5, 0.6) is 0 Å². The lowest BCUT2D eigenvalue weighted by atomic mass is 10.1. The monoisotopic (exact) mass is 339 g/mol. The molecule has 0 aliphatic rings. The summed E-state index contributed by atoms with van der Waals surface area (Å²) in [6.45, 7) is 5.22. The second kappa shape index (κ2) is 7.12. The molecule has 0 saturated heterocycles. The van der Waals surface area contributed by atoms with E-state index in [9.17, 15) is 0 Å². The summed E-state index contributed by atoms with van der Waals surface area (Å²) in [5.74, 6) is 0. The van der Waals surface area contributed by atoms with Crippen LogP contribution in [0, 0.1) is 6.92 Å². The molecule has 0 fully saturated rings. The Balaban J connectivity index is 2.11. The molecule has 3 nitrogen and oxygen atoms in total. The van der Waals surface area contributed by atoms with Gasteiger partial charge in [-0.15, -0.1) is 11.3 Å².